The number of thioether (sulfide) groups is 1. The van der Waals surface area contributed by atoms with Gasteiger partial charge in [0.1, 0.15) is 6.04 Å². The maximum Gasteiger partial charge on any atom is 0.327 e. The Kier molecular flexibility index (Phi) is 3.14. The molecule has 3 rings (SSSR count). The first-order valence-electron chi connectivity index (χ1n) is 6.27. The Hall–Kier alpha value is -2.01. The van der Waals surface area contributed by atoms with Gasteiger partial charge in [-0.15, -0.1) is 11.8 Å². The van der Waals surface area contributed by atoms with E-state index in [9.17, 15) is 14.7 Å². The average Bonchev–Trinajstić information content (AvgIpc) is 2.85. The molecule has 0 radical (unpaired) electrons. The summed E-state index contributed by atoms with van der Waals surface area (Å²) in [7, 11) is 0. The van der Waals surface area contributed by atoms with Crippen molar-refractivity contribution in [1.29, 1.82) is 0 Å². The Balaban J connectivity index is 2.29. The molecule has 0 bridgehead atoms. The number of aryl methyl sites for hydroxylation is 1. The molecule has 1 N–H and O–H groups in total. The van der Waals surface area contributed by atoms with Crippen molar-refractivity contribution < 1.29 is 9.90 Å². The summed E-state index contributed by atoms with van der Waals surface area (Å²) < 4.78 is 1.41. The van der Waals surface area contributed by atoms with E-state index in [2.05, 4.69) is 0 Å². The molecule has 0 fully saturated rings. The number of carboxylic acid groups (broad SMARTS) is 1. The number of benzene rings is 1. The molecule has 0 saturated heterocycles. The van der Waals surface area contributed by atoms with Crippen molar-refractivity contribution in [2.75, 3.05) is 5.75 Å². The minimum absolute atomic E-state index is 0.241. The molecular formula is C15H13NO3S. The summed E-state index contributed by atoms with van der Waals surface area (Å²) in [5.41, 5.74) is 2.60. The fourth-order valence-corrected chi connectivity index (χ4v) is 3.91. The van der Waals surface area contributed by atoms with Crippen LogP contribution < -0.4 is 5.56 Å². The van der Waals surface area contributed by atoms with Crippen LogP contribution in [0.15, 0.2) is 46.2 Å². The number of rotatable bonds is 2. The van der Waals surface area contributed by atoms with Crippen LogP contribution in [0, 0.1) is 6.92 Å². The van der Waals surface area contributed by atoms with E-state index in [4.69, 9.17) is 0 Å². The molecular weight excluding hydrogens is 274 g/mol. The van der Waals surface area contributed by atoms with E-state index in [1.165, 1.54) is 22.4 Å². The van der Waals surface area contributed by atoms with Crippen LogP contribution in [0.25, 0.3) is 11.1 Å². The van der Waals surface area contributed by atoms with Crippen LogP contribution in [-0.2, 0) is 4.79 Å². The van der Waals surface area contributed by atoms with Crippen LogP contribution in [0.3, 0.4) is 0 Å². The number of aromatic nitrogens is 1. The predicted molar refractivity (Wildman–Crippen MR) is 78.3 cm³/mol. The summed E-state index contributed by atoms with van der Waals surface area (Å²) in [6.07, 6.45) is 0. The van der Waals surface area contributed by atoms with Crippen LogP contribution in [0.2, 0.25) is 0 Å². The van der Waals surface area contributed by atoms with Crippen LogP contribution in [0.1, 0.15) is 11.6 Å². The third-order valence-corrected chi connectivity index (χ3v) is 4.60. The summed E-state index contributed by atoms with van der Waals surface area (Å²) in [6, 6.07) is 10.5. The van der Waals surface area contributed by atoms with E-state index in [0.29, 0.717) is 5.75 Å². The zero-order chi connectivity index (χ0) is 14.3. The topological polar surface area (TPSA) is 59.3 Å². The highest BCUT2D eigenvalue weighted by Gasteiger charge is 2.32. The lowest BCUT2D eigenvalue weighted by atomic mass is 10.0. The quantitative estimate of drug-likeness (QED) is 0.922. The van der Waals surface area contributed by atoms with Crippen molar-refractivity contribution in [2.24, 2.45) is 0 Å². The maximum absolute atomic E-state index is 12.1. The summed E-state index contributed by atoms with van der Waals surface area (Å²) in [5, 5.41) is 10.0. The van der Waals surface area contributed by atoms with Crippen molar-refractivity contribution in [3.63, 3.8) is 0 Å². The van der Waals surface area contributed by atoms with E-state index in [0.717, 1.165) is 21.7 Å². The molecule has 1 aromatic heterocycles. The highest BCUT2D eigenvalue weighted by atomic mass is 32.2. The SMILES string of the molecule is Cc1cc(=O)n2c(c1-c1ccccc1)SC[C@H]2C(=O)O. The number of aliphatic carboxylic acids is 1. The van der Waals surface area contributed by atoms with Crippen LogP contribution in [0.5, 0.6) is 0 Å². The summed E-state index contributed by atoms with van der Waals surface area (Å²) in [4.78, 5) is 23.4. The van der Waals surface area contributed by atoms with Crippen molar-refractivity contribution in [3.05, 3.63) is 52.3 Å². The van der Waals surface area contributed by atoms with Gasteiger partial charge in [-0.2, -0.15) is 0 Å². The molecule has 4 nitrogen and oxygen atoms in total. The smallest absolute Gasteiger partial charge is 0.327 e. The van der Waals surface area contributed by atoms with Gasteiger partial charge in [0, 0.05) is 17.4 Å². The molecule has 1 atom stereocenters. The first-order chi connectivity index (χ1) is 9.59. The van der Waals surface area contributed by atoms with Crippen molar-refractivity contribution in [3.8, 4) is 11.1 Å². The molecule has 1 aliphatic rings. The standard InChI is InChI=1S/C15H13NO3S/c1-9-7-12(17)16-11(15(18)19)8-20-14(16)13(9)10-5-3-2-4-6-10/h2-7,11H,8H2,1H3,(H,18,19)/t11-/m0/s1. The van der Waals surface area contributed by atoms with Gasteiger partial charge in [-0.25, -0.2) is 4.79 Å². The lowest BCUT2D eigenvalue weighted by molar-refractivity contribution is -0.140. The molecule has 5 heteroatoms. The predicted octanol–water partition coefficient (Wildman–Crippen LogP) is 2.56. The van der Waals surface area contributed by atoms with E-state index >= 15 is 0 Å². The largest absolute Gasteiger partial charge is 0.480 e. The number of fused-ring (bicyclic) bond motifs is 1. The highest BCUT2D eigenvalue weighted by molar-refractivity contribution is 7.99. The molecule has 0 saturated carbocycles. The molecule has 2 heterocycles. The third-order valence-electron chi connectivity index (χ3n) is 3.44. The van der Waals surface area contributed by atoms with E-state index < -0.39 is 12.0 Å². The lowest BCUT2D eigenvalue weighted by Gasteiger charge is -2.14. The number of carboxylic acids is 1. The fraction of sp³-hybridized carbons (Fsp3) is 0.200. The average molecular weight is 287 g/mol. The zero-order valence-electron chi connectivity index (χ0n) is 10.9. The maximum atomic E-state index is 12.1. The molecule has 1 aliphatic heterocycles. The molecule has 0 spiro atoms. The van der Waals surface area contributed by atoms with Crippen LogP contribution in [-0.4, -0.2) is 21.4 Å². The van der Waals surface area contributed by atoms with Crippen LogP contribution >= 0.6 is 11.8 Å². The van der Waals surface area contributed by atoms with E-state index in [-0.39, 0.29) is 5.56 Å². The summed E-state index contributed by atoms with van der Waals surface area (Å²) in [5.74, 6) is -0.561. The number of pyridine rings is 1. The van der Waals surface area contributed by atoms with Gasteiger partial charge in [-0.3, -0.25) is 9.36 Å². The summed E-state index contributed by atoms with van der Waals surface area (Å²) >= 11 is 1.44. The van der Waals surface area contributed by atoms with Gasteiger partial charge in [-0.05, 0) is 18.1 Å². The van der Waals surface area contributed by atoms with Crippen molar-refractivity contribution in [1.82, 2.24) is 4.57 Å². The number of nitrogens with zero attached hydrogens (tertiary/aromatic N) is 1. The molecule has 1 aromatic carbocycles. The van der Waals surface area contributed by atoms with Gasteiger partial charge in [0.2, 0.25) is 0 Å². The molecule has 0 aliphatic carbocycles. The van der Waals surface area contributed by atoms with Gasteiger partial charge in [0.25, 0.3) is 5.56 Å². The number of hydrogen-bond donors (Lipinski definition) is 1. The first-order valence-corrected chi connectivity index (χ1v) is 7.25. The van der Waals surface area contributed by atoms with E-state index in [1.807, 2.05) is 37.3 Å². The second-order valence-corrected chi connectivity index (χ2v) is 5.76. The third kappa shape index (κ3) is 1.94. The minimum atomic E-state index is -0.957. The molecule has 20 heavy (non-hydrogen) atoms. The number of carbonyl (C=O) groups is 1. The van der Waals surface area contributed by atoms with Crippen LogP contribution in [0.4, 0.5) is 0 Å². The Labute approximate surface area is 120 Å². The van der Waals surface area contributed by atoms with E-state index in [1.54, 1.807) is 0 Å². The minimum Gasteiger partial charge on any atom is -0.480 e. The van der Waals surface area contributed by atoms with Gasteiger partial charge >= 0.3 is 5.97 Å². The highest BCUT2D eigenvalue weighted by Crippen LogP contribution is 2.40. The van der Waals surface area contributed by atoms with Gasteiger partial charge in [0.05, 0.1) is 5.03 Å². The van der Waals surface area contributed by atoms with Crippen molar-refractivity contribution in [2.45, 2.75) is 18.0 Å². The molecule has 102 valence electrons. The first kappa shape index (κ1) is 13.0. The zero-order valence-corrected chi connectivity index (χ0v) is 11.7. The second kappa shape index (κ2) is 4.83. The molecule has 0 unspecified atom stereocenters. The Morgan fingerprint density at radius 1 is 1.35 bits per heavy atom. The molecule has 2 aromatic rings. The Bertz CT molecular complexity index is 737. The van der Waals surface area contributed by atoms with Gasteiger partial charge < -0.3 is 5.11 Å². The summed E-state index contributed by atoms with van der Waals surface area (Å²) in [6.45, 7) is 1.89. The monoisotopic (exact) mass is 287 g/mol. The van der Waals surface area contributed by atoms with Crippen molar-refractivity contribution >= 4 is 17.7 Å². The van der Waals surface area contributed by atoms with Gasteiger partial charge in [-0.1, -0.05) is 30.3 Å². The lowest BCUT2D eigenvalue weighted by Crippen LogP contribution is -2.28. The number of hydrogen-bond acceptors (Lipinski definition) is 3. The normalized spacial score (nSPS) is 16.9. The Morgan fingerprint density at radius 3 is 2.70 bits per heavy atom. The molecule has 0 amide bonds. The van der Waals surface area contributed by atoms with Gasteiger partial charge in [0.15, 0.2) is 0 Å². The second-order valence-electron chi connectivity index (χ2n) is 4.75. The fourth-order valence-electron chi connectivity index (χ4n) is 2.52. The Morgan fingerprint density at radius 2 is 2.05 bits per heavy atom.